The Labute approximate surface area is 155 Å². The van der Waals surface area contributed by atoms with Crippen LogP contribution in [-0.2, 0) is 4.79 Å². The lowest BCUT2D eigenvalue weighted by molar-refractivity contribution is -0.385. The molecule has 1 fully saturated rings. The van der Waals surface area contributed by atoms with Crippen molar-refractivity contribution in [1.82, 2.24) is 5.32 Å². The first-order valence-electron chi connectivity index (χ1n) is 8.58. The van der Waals surface area contributed by atoms with E-state index >= 15 is 0 Å². The number of ketones is 1. The van der Waals surface area contributed by atoms with Crippen molar-refractivity contribution in [3.63, 3.8) is 0 Å². The minimum Gasteiger partial charge on any atom is -0.302 e. The molecule has 0 amide bonds. The van der Waals surface area contributed by atoms with Crippen molar-refractivity contribution in [2.75, 3.05) is 0 Å². The summed E-state index contributed by atoms with van der Waals surface area (Å²) in [6.07, 6.45) is 0. The van der Waals surface area contributed by atoms with Crippen LogP contribution in [0.5, 0.6) is 0 Å². The largest absolute Gasteiger partial charge is 0.302 e. The van der Waals surface area contributed by atoms with Crippen LogP contribution in [0.4, 0.5) is 11.4 Å². The van der Waals surface area contributed by atoms with Crippen LogP contribution < -0.4 is 5.32 Å². The monoisotopic (exact) mass is 369 g/mol. The highest BCUT2D eigenvalue weighted by atomic mass is 16.6. The topological polar surface area (TPSA) is 115 Å². The van der Waals surface area contributed by atoms with Gasteiger partial charge in [0.15, 0.2) is 0 Å². The van der Waals surface area contributed by atoms with E-state index in [1.807, 2.05) is 13.8 Å². The number of rotatable bonds is 4. The van der Waals surface area contributed by atoms with E-state index in [0.29, 0.717) is 0 Å². The lowest BCUT2D eigenvalue weighted by atomic mass is 9.76. The molecular formula is C19H19N3O5. The van der Waals surface area contributed by atoms with Crippen molar-refractivity contribution in [3.05, 3.63) is 79.9 Å². The fraction of sp³-hybridized carbons (Fsp3) is 0.316. The zero-order valence-corrected chi connectivity index (χ0v) is 14.9. The molecule has 0 radical (unpaired) electrons. The molecule has 0 aliphatic carbocycles. The third-order valence-electron chi connectivity index (χ3n) is 5.18. The predicted molar refractivity (Wildman–Crippen MR) is 98.1 cm³/mol. The standard InChI is InChI=1S/C19H19N3O5/c1-11-17(13-3-7-15(8-4-13)21(24)25)20-18(12(2)19(11)23)14-5-9-16(10-6-14)22(26)27/h3-12,17-18,20H,1-2H3/t11-,12+,17+,18-. The van der Waals surface area contributed by atoms with Crippen LogP contribution in [0.1, 0.15) is 37.1 Å². The van der Waals surface area contributed by atoms with Crippen molar-refractivity contribution in [2.45, 2.75) is 25.9 Å². The van der Waals surface area contributed by atoms with Gasteiger partial charge in [-0.2, -0.15) is 0 Å². The van der Waals surface area contributed by atoms with Crippen molar-refractivity contribution in [2.24, 2.45) is 11.8 Å². The van der Waals surface area contributed by atoms with Gasteiger partial charge in [0.2, 0.25) is 0 Å². The van der Waals surface area contributed by atoms with Crippen molar-refractivity contribution in [1.29, 1.82) is 0 Å². The van der Waals surface area contributed by atoms with E-state index in [1.165, 1.54) is 24.3 Å². The number of nitro benzene ring substituents is 2. The first-order valence-corrected chi connectivity index (χ1v) is 8.58. The molecule has 8 heteroatoms. The molecule has 2 aromatic carbocycles. The van der Waals surface area contributed by atoms with Gasteiger partial charge in [-0.25, -0.2) is 0 Å². The van der Waals surface area contributed by atoms with Gasteiger partial charge in [0.1, 0.15) is 5.78 Å². The number of piperidine rings is 1. The number of nitrogens with one attached hydrogen (secondary N) is 1. The fourth-order valence-electron chi connectivity index (χ4n) is 3.60. The number of carbonyl (C=O) groups excluding carboxylic acids is 1. The zero-order valence-electron chi connectivity index (χ0n) is 14.9. The first kappa shape index (κ1) is 18.7. The van der Waals surface area contributed by atoms with Gasteiger partial charge in [-0.05, 0) is 11.1 Å². The number of nitrogens with zero attached hydrogens (tertiary/aromatic N) is 2. The summed E-state index contributed by atoms with van der Waals surface area (Å²) in [6, 6.07) is 11.7. The highest BCUT2D eigenvalue weighted by Crippen LogP contribution is 2.38. The molecular weight excluding hydrogens is 350 g/mol. The highest BCUT2D eigenvalue weighted by Gasteiger charge is 2.40. The third-order valence-corrected chi connectivity index (χ3v) is 5.18. The van der Waals surface area contributed by atoms with E-state index in [-0.39, 0.29) is 41.1 Å². The number of Topliss-reactive ketones (excluding diaryl/α,β-unsaturated/α-hetero) is 1. The van der Waals surface area contributed by atoms with E-state index in [4.69, 9.17) is 0 Å². The maximum atomic E-state index is 12.8. The Bertz CT molecular complexity index is 808. The zero-order chi connectivity index (χ0) is 19.7. The van der Waals surface area contributed by atoms with Crippen molar-refractivity contribution in [3.8, 4) is 0 Å². The summed E-state index contributed by atoms with van der Waals surface area (Å²) in [6.45, 7) is 3.67. The lowest BCUT2D eigenvalue weighted by Crippen LogP contribution is -2.46. The van der Waals surface area contributed by atoms with Crippen LogP contribution >= 0.6 is 0 Å². The molecule has 3 rings (SSSR count). The van der Waals surface area contributed by atoms with Gasteiger partial charge in [0.25, 0.3) is 11.4 Å². The number of hydrogen-bond donors (Lipinski definition) is 1. The molecule has 0 unspecified atom stereocenters. The first-order chi connectivity index (χ1) is 12.8. The van der Waals surface area contributed by atoms with Gasteiger partial charge < -0.3 is 5.32 Å². The summed E-state index contributed by atoms with van der Waals surface area (Å²) in [5.74, 6) is -0.507. The molecule has 1 N–H and O–H groups in total. The van der Waals surface area contributed by atoms with Crippen LogP contribution in [0.15, 0.2) is 48.5 Å². The second-order valence-corrected chi connectivity index (χ2v) is 6.80. The molecule has 0 saturated carbocycles. The summed E-state index contributed by atoms with van der Waals surface area (Å²) >= 11 is 0. The Morgan fingerprint density at radius 2 is 1.07 bits per heavy atom. The van der Waals surface area contributed by atoms with Crippen LogP contribution in [0.2, 0.25) is 0 Å². The van der Waals surface area contributed by atoms with E-state index in [0.717, 1.165) is 11.1 Å². The molecule has 8 nitrogen and oxygen atoms in total. The molecule has 0 bridgehead atoms. The van der Waals surface area contributed by atoms with E-state index < -0.39 is 9.85 Å². The molecule has 1 heterocycles. The quantitative estimate of drug-likeness (QED) is 0.648. The molecule has 0 spiro atoms. The van der Waals surface area contributed by atoms with E-state index in [1.54, 1.807) is 24.3 Å². The molecule has 1 aliphatic rings. The predicted octanol–water partition coefficient (Wildman–Crippen LogP) is 3.73. The molecule has 2 aromatic rings. The summed E-state index contributed by atoms with van der Waals surface area (Å²) < 4.78 is 0. The Hall–Kier alpha value is -3.13. The summed E-state index contributed by atoms with van der Waals surface area (Å²) in [5.41, 5.74) is 1.57. The van der Waals surface area contributed by atoms with E-state index in [9.17, 15) is 25.0 Å². The van der Waals surface area contributed by atoms with Gasteiger partial charge >= 0.3 is 0 Å². The number of nitro groups is 2. The van der Waals surface area contributed by atoms with Crippen molar-refractivity contribution >= 4 is 17.2 Å². The average Bonchev–Trinajstić information content (AvgIpc) is 2.66. The lowest BCUT2D eigenvalue weighted by Gasteiger charge is -2.39. The molecule has 1 saturated heterocycles. The molecule has 4 atom stereocenters. The van der Waals surface area contributed by atoms with Gasteiger partial charge in [0.05, 0.1) is 9.85 Å². The molecule has 1 aliphatic heterocycles. The highest BCUT2D eigenvalue weighted by molar-refractivity contribution is 5.85. The Morgan fingerprint density at radius 1 is 0.741 bits per heavy atom. The SMILES string of the molecule is C[C@@H]1C(=O)[C@H](C)[C@@H](c2ccc([N+](=O)[O-])cc2)N[C@H]1c1ccc([N+](=O)[O-])cc1. The third kappa shape index (κ3) is 3.56. The van der Waals surface area contributed by atoms with Gasteiger partial charge in [0, 0.05) is 48.2 Å². The normalized spacial score (nSPS) is 25.2. The maximum absolute atomic E-state index is 12.8. The average molecular weight is 369 g/mol. The second-order valence-electron chi connectivity index (χ2n) is 6.80. The van der Waals surface area contributed by atoms with Gasteiger partial charge in [-0.1, -0.05) is 38.1 Å². The Morgan fingerprint density at radius 3 is 1.37 bits per heavy atom. The number of benzene rings is 2. The summed E-state index contributed by atoms with van der Waals surface area (Å²) in [7, 11) is 0. The molecule has 140 valence electrons. The van der Waals surface area contributed by atoms with E-state index in [2.05, 4.69) is 5.32 Å². The second kappa shape index (κ2) is 7.24. The smallest absolute Gasteiger partial charge is 0.269 e. The maximum Gasteiger partial charge on any atom is 0.269 e. The fourth-order valence-corrected chi connectivity index (χ4v) is 3.60. The van der Waals surface area contributed by atoms with Crippen molar-refractivity contribution < 1.29 is 14.6 Å². The van der Waals surface area contributed by atoms with Crippen LogP contribution in [0.25, 0.3) is 0 Å². The molecule has 27 heavy (non-hydrogen) atoms. The Kier molecular flexibility index (Phi) is 5.00. The Balaban J connectivity index is 1.91. The summed E-state index contributed by atoms with van der Waals surface area (Å²) in [4.78, 5) is 33.6. The minimum atomic E-state index is -0.464. The van der Waals surface area contributed by atoms with Crippen LogP contribution in [-0.4, -0.2) is 15.6 Å². The van der Waals surface area contributed by atoms with Crippen LogP contribution in [0.3, 0.4) is 0 Å². The minimum absolute atomic E-state index is 0.00572. The number of carbonyl (C=O) groups is 1. The summed E-state index contributed by atoms with van der Waals surface area (Å²) in [5, 5.41) is 25.1. The van der Waals surface area contributed by atoms with Gasteiger partial charge in [-0.3, -0.25) is 25.0 Å². The van der Waals surface area contributed by atoms with Gasteiger partial charge in [-0.15, -0.1) is 0 Å². The number of hydrogen-bond acceptors (Lipinski definition) is 6. The number of non-ortho nitro benzene ring substituents is 2. The molecule has 0 aromatic heterocycles. The van der Waals surface area contributed by atoms with Crippen LogP contribution in [0, 0.1) is 32.1 Å².